The number of halogens is 1. The highest BCUT2D eigenvalue weighted by Gasteiger charge is 2.24. The molecule has 0 saturated heterocycles. The zero-order valence-corrected chi connectivity index (χ0v) is 12.6. The van der Waals surface area contributed by atoms with Gasteiger partial charge in [0.1, 0.15) is 11.9 Å². The molecule has 5 heteroatoms. The van der Waals surface area contributed by atoms with Crippen LogP contribution in [0.4, 0.5) is 4.39 Å². The maximum absolute atomic E-state index is 13.3. The van der Waals surface area contributed by atoms with E-state index < -0.39 is 5.82 Å². The van der Waals surface area contributed by atoms with Gasteiger partial charge in [-0.1, -0.05) is 25.3 Å². The van der Waals surface area contributed by atoms with Gasteiger partial charge in [0.05, 0.1) is 5.56 Å². The van der Waals surface area contributed by atoms with Crippen molar-refractivity contribution in [3.05, 3.63) is 35.1 Å². The Hall–Kier alpha value is -1.93. The van der Waals surface area contributed by atoms with Crippen molar-refractivity contribution in [2.75, 3.05) is 0 Å². The van der Waals surface area contributed by atoms with Crippen molar-refractivity contribution < 1.29 is 9.18 Å². The Morgan fingerprint density at radius 2 is 2.14 bits per heavy atom. The zero-order valence-electron chi connectivity index (χ0n) is 12.6. The minimum absolute atomic E-state index is 0.0448. The molecule has 1 amide bonds. The van der Waals surface area contributed by atoms with Crippen LogP contribution in [0.25, 0.3) is 0 Å². The maximum atomic E-state index is 13.3. The molecule has 0 aromatic heterocycles. The van der Waals surface area contributed by atoms with E-state index in [9.17, 15) is 9.18 Å². The topological polar surface area (TPSA) is 78.9 Å². The molecule has 22 heavy (non-hydrogen) atoms. The number of rotatable bonds is 6. The number of primary amides is 1. The Kier molecular flexibility index (Phi) is 5.91. The summed E-state index contributed by atoms with van der Waals surface area (Å²) in [5.74, 6) is -0.357. The predicted octanol–water partition coefficient (Wildman–Crippen LogP) is 2.61. The lowest BCUT2D eigenvalue weighted by Gasteiger charge is -2.30. The summed E-state index contributed by atoms with van der Waals surface area (Å²) in [6.45, 7) is 0.503. The Morgan fingerprint density at radius 1 is 1.41 bits per heavy atom. The van der Waals surface area contributed by atoms with Crippen molar-refractivity contribution in [3.63, 3.8) is 0 Å². The first-order chi connectivity index (χ1) is 10.6. The highest BCUT2D eigenvalue weighted by Crippen LogP contribution is 2.28. The number of nitrogens with two attached hydrogens (primary N) is 1. The van der Waals surface area contributed by atoms with Gasteiger partial charge in [0.25, 0.3) is 0 Å². The second kappa shape index (κ2) is 7.90. The number of nitriles is 1. The lowest BCUT2D eigenvalue weighted by atomic mass is 9.82. The summed E-state index contributed by atoms with van der Waals surface area (Å²) < 4.78 is 13.3. The molecule has 0 heterocycles. The third kappa shape index (κ3) is 4.54. The van der Waals surface area contributed by atoms with Gasteiger partial charge in [-0.25, -0.2) is 4.39 Å². The van der Waals surface area contributed by atoms with Crippen LogP contribution in [0, 0.1) is 23.1 Å². The van der Waals surface area contributed by atoms with Gasteiger partial charge in [-0.05, 0) is 36.5 Å². The summed E-state index contributed by atoms with van der Waals surface area (Å²) in [5.41, 5.74) is 6.24. The number of carbonyl (C=O) groups is 1. The minimum Gasteiger partial charge on any atom is -0.370 e. The summed E-state index contributed by atoms with van der Waals surface area (Å²) in [7, 11) is 0. The summed E-state index contributed by atoms with van der Waals surface area (Å²) in [4.78, 5) is 11.3. The van der Waals surface area contributed by atoms with Gasteiger partial charge in [0, 0.05) is 19.0 Å². The van der Waals surface area contributed by atoms with E-state index in [0.29, 0.717) is 18.9 Å². The molecule has 1 saturated carbocycles. The first-order valence-corrected chi connectivity index (χ1v) is 7.80. The Labute approximate surface area is 130 Å². The van der Waals surface area contributed by atoms with E-state index in [1.807, 2.05) is 6.07 Å². The van der Waals surface area contributed by atoms with Crippen molar-refractivity contribution in [2.45, 2.75) is 51.1 Å². The average Bonchev–Trinajstić information content (AvgIpc) is 2.53. The van der Waals surface area contributed by atoms with Crippen LogP contribution < -0.4 is 11.1 Å². The molecular weight excluding hydrogens is 281 g/mol. The molecule has 0 aliphatic heterocycles. The van der Waals surface area contributed by atoms with E-state index in [2.05, 4.69) is 5.32 Å². The second-order valence-corrected chi connectivity index (χ2v) is 5.98. The SMILES string of the molecule is N#Cc1cc(CN[C@H](CC(N)=O)C2CCCCC2)ccc1F. The van der Waals surface area contributed by atoms with E-state index in [0.717, 1.165) is 18.4 Å². The van der Waals surface area contributed by atoms with Crippen LogP contribution in [0.1, 0.15) is 49.7 Å². The molecule has 4 nitrogen and oxygen atoms in total. The molecule has 1 fully saturated rings. The van der Waals surface area contributed by atoms with Gasteiger partial charge in [0.2, 0.25) is 5.91 Å². The molecule has 0 unspecified atom stereocenters. The van der Waals surface area contributed by atoms with Gasteiger partial charge in [-0.15, -0.1) is 0 Å². The number of hydrogen-bond donors (Lipinski definition) is 2. The van der Waals surface area contributed by atoms with E-state index in [-0.39, 0.29) is 17.5 Å². The fraction of sp³-hybridized carbons (Fsp3) is 0.529. The van der Waals surface area contributed by atoms with E-state index >= 15 is 0 Å². The molecule has 0 bridgehead atoms. The quantitative estimate of drug-likeness (QED) is 0.848. The van der Waals surface area contributed by atoms with Crippen LogP contribution in [0.2, 0.25) is 0 Å². The Bertz CT molecular complexity index is 562. The van der Waals surface area contributed by atoms with Crippen molar-refractivity contribution in [3.8, 4) is 6.07 Å². The number of nitrogens with zero attached hydrogens (tertiary/aromatic N) is 1. The predicted molar refractivity (Wildman–Crippen MR) is 82.1 cm³/mol. The molecule has 0 radical (unpaired) electrons. The summed E-state index contributed by atoms with van der Waals surface area (Å²) >= 11 is 0. The van der Waals surface area contributed by atoms with E-state index in [1.165, 1.54) is 25.3 Å². The molecule has 2 rings (SSSR count). The molecule has 1 aliphatic carbocycles. The molecule has 1 aromatic rings. The lowest BCUT2D eigenvalue weighted by Crippen LogP contribution is -2.40. The van der Waals surface area contributed by atoms with Gasteiger partial charge in [0.15, 0.2) is 0 Å². The smallest absolute Gasteiger partial charge is 0.218 e. The van der Waals surface area contributed by atoms with Gasteiger partial charge < -0.3 is 11.1 Å². The fourth-order valence-corrected chi connectivity index (χ4v) is 3.18. The van der Waals surface area contributed by atoms with Crippen LogP contribution >= 0.6 is 0 Å². The van der Waals surface area contributed by atoms with Crippen LogP contribution in [-0.4, -0.2) is 11.9 Å². The lowest BCUT2D eigenvalue weighted by molar-refractivity contribution is -0.118. The summed E-state index contributed by atoms with van der Waals surface area (Å²) in [6.07, 6.45) is 6.17. The third-order valence-electron chi connectivity index (χ3n) is 4.36. The number of benzene rings is 1. The fourth-order valence-electron chi connectivity index (χ4n) is 3.18. The maximum Gasteiger partial charge on any atom is 0.218 e. The van der Waals surface area contributed by atoms with E-state index in [4.69, 9.17) is 11.0 Å². The van der Waals surface area contributed by atoms with Gasteiger partial charge in [-0.3, -0.25) is 4.79 Å². The normalized spacial score (nSPS) is 16.9. The van der Waals surface area contributed by atoms with Gasteiger partial charge >= 0.3 is 0 Å². The van der Waals surface area contributed by atoms with Crippen molar-refractivity contribution >= 4 is 5.91 Å². The molecular formula is C17H22FN3O. The standard InChI is InChI=1S/C17H22FN3O/c18-15-7-6-12(8-14(15)10-19)11-21-16(9-17(20)22)13-4-2-1-3-5-13/h6-8,13,16,21H,1-5,9,11H2,(H2,20,22)/t16-/m1/s1. The van der Waals surface area contributed by atoms with Crippen LogP contribution in [0.5, 0.6) is 0 Å². The number of amides is 1. The summed E-state index contributed by atoms with van der Waals surface area (Å²) in [6, 6.07) is 6.40. The molecule has 1 aliphatic rings. The third-order valence-corrected chi connectivity index (χ3v) is 4.36. The highest BCUT2D eigenvalue weighted by atomic mass is 19.1. The summed E-state index contributed by atoms with van der Waals surface area (Å²) in [5, 5.41) is 12.2. The zero-order chi connectivity index (χ0) is 15.9. The minimum atomic E-state index is -0.507. The first kappa shape index (κ1) is 16.4. The second-order valence-electron chi connectivity index (χ2n) is 5.98. The van der Waals surface area contributed by atoms with Crippen LogP contribution in [0.3, 0.4) is 0 Å². The molecule has 3 N–H and O–H groups in total. The molecule has 1 aromatic carbocycles. The van der Waals surface area contributed by atoms with Crippen molar-refractivity contribution in [1.29, 1.82) is 5.26 Å². The first-order valence-electron chi connectivity index (χ1n) is 7.80. The number of hydrogen-bond acceptors (Lipinski definition) is 3. The molecule has 118 valence electrons. The van der Waals surface area contributed by atoms with Crippen molar-refractivity contribution in [2.24, 2.45) is 11.7 Å². The van der Waals surface area contributed by atoms with Gasteiger partial charge in [-0.2, -0.15) is 5.26 Å². The Balaban J connectivity index is 2.01. The molecule has 0 spiro atoms. The number of nitrogens with one attached hydrogen (secondary N) is 1. The van der Waals surface area contributed by atoms with E-state index in [1.54, 1.807) is 12.1 Å². The highest BCUT2D eigenvalue weighted by molar-refractivity contribution is 5.74. The molecule has 1 atom stereocenters. The monoisotopic (exact) mass is 303 g/mol. The van der Waals surface area contributed by atoms with Crippen molar-refractivity contribution in [1.82, 2.24) is 5.32 Å². The largest absolute Gasteiger partial charge is 0.370 e. The van der Waals surface area contributed by atoms with Crippen LogP contribution in [-0.2, 0) is 11.3 Å². The van der Waals surface area contributed by atoms with Crippen LogP contribution in [0.15, 0.2) is 18.2 Å². The average molecular weight is 303 g/mol. The Morgan fingerprint density at radius 3 is 2.77 bits per heavy atom. The number of carbonyl (C=O) groups excluding carboxylic acids is 1.